The van der Waals surface area contributed by atoms with Crippen LogP contribution in [0.4, 0.5) is 15.9 Å². The molecule has 0 fully saturated rings. The van der Waals surface area contributed by atoms with Crippen molar-refractivity contribution in [2.45, 2.75) is 0 Å². The van der Waals surface area contributed by atoms with Crippen LogP contribution < -0.4 is 10.5 Å². The summed E-state index contributed by atoms with van der Waals surface area (Å²) in [5.74, 6) is -0.210. The number of sulfonamides is 1. The van der Waals surface area contributed by atoms with Gasteiger partial charge in [0.05, 0.1) is 6.26 Å². The molecule has 0 saturated carbocycles. The zero-order valence-corrected chi connectivity index (χ0v) is 12.4. The number of anilines is 2. The Morgan fingerprint density at radius 3 is 2.50 bits per heavy atom. The number of hydrogen-bond donors (Lipinski definition) is 3. The first-order chi connectivity index (χ1) is 10.3. The van der Waals surface area contributed by atoms with Crippen molar-refractivity contribution in [1.29, 1.82) is 0 Å². The Hall–Kier alpha value is -2.61. The minimum absolute atomic E-state index is 0.244. The molecule has 3 rings (SSSR count). The van der Waals surface area contributed by atoms with E-state index in [-0.39, 0.29) is 11.3 Å². The molecule has 1 aromatic heterocycles. The third-order valence-electron chi connectivity index (χ3n) is 3.21. The molecule has 0 atom stereocenters. The van der Waals surface area contributed by atoms with E-state index in [0.717, 1.165) is 6.26 Å². The van der Waals surface area contributed by atoms with E-state index >= 15 is 0 Å². The van der Waals surface area contributed by atoms with Crippen LogP contribution in [-0.4, -0.2) is 24.9 Å². The molecule has 114 valence electrons. The summed E-state index contributed by atoms with van der Waals surface area (Å²) in [5.41, 5.74) is 7.29. The number of fused-ring (bicyclic) bond motifs is 1. The Balaban J connectivity index is 2.02. The van der Waals surface area contributed by atoms with Crippen molar-refractivity contribution in [1.82, 2.24) is 10.2 Å². The van der Waals surface area contributed by atoms with Crippen molar-refractivity contribution >= 4 is 32.4 Å². The fourth-order valence-electron chi connectivity index (χ4n) is 2.23. The number of nitrogens with one attached hydrogen (secondary N) is 2. The van der Waals surface area contributed by atoms with Gasteiger partial charge in [-0.15, -0.1) is 0 Å². The lowest BCUT2D eigenvalue weighted by atomic mass is 10.0. The van der Waals surface area contributed by atoms with Crippen LogP contribution >= 0.6 is 0 Å². The van der Waals surface area contributed by atoms with E-state index in [1.54, 1.807) is 36.4 Å². The molecule has 0 unspecified atom stereocenters. The number of nitrogen functional groups attached to an aromatic ring is 1. The Morgan fingerprint density at radius 1 is 1.18 bits per heavy atom. The summed E-state index contributed by atoms with van der Waals surface area (Å²) < 4.78 is 39.2. The van der Waals surface area contributed by atoms with Crippen LogP contribution in [0.25, 0.3) is 22.0 Å². The fourth-order valence-corrected chi connectivity index (χ4v) is 2.79. The van der Waals surface area contributed by atoms with Gasteiger partial charge in [-0.25, -0.2) is 12.8 Å². The van der Waals surface area contributed by atoms with Gasteiger partial charge in [-0.1, -0.05) is 18.2 Å². The van der Waals surface area contributed by atoms with Crippen LogP contribution in [-0.2, 0) is 10.0 Å². The van der Waals surface area contributed by atoms with Crippen LogP contribution in [0.2, 0.25) is 0 Å². The van der Waals surface area contributed by atoms with Gasteiger partial charge >= 0.3 is 0 Å². The van der Waals surface area contributed by atoms with Crippen LogP contribution in [0.5, 0.6) is 0 Å². The monoisotopic (exact) mass is 320 g/mol. The van der Waals surface area contributed by atoms with Crippen molar-refractivity contribution in [3.8, 4) is 11.1 Å². The molecule has 0 aliphatic carbocycles. The van der Waals surface area contributed by atoms with Crippen molar-refractivity contribution < 1.29 is 12.8 Å². The summed E-state index contributed by atoms with van der Waals surface area (Å²) in [7, 11) is -3.34. The molecule has 0 aliphatic heterocycles. The second-order valence-corrected chi connectivity index (χ2v) is 6.66. The number of aromatic amines is 1. The molecular formula is C14H13FN4O2S. The van der Waals surface area contributed by atoms with Crippen molar-refractivity contribution in [3.05, 3.63) is 42.2 Å². The molecule has 2 aromatic carbocycles. The smallest absolute Gasteiger partial charge is 0.229 e. The normalized spacial score (nSPS) is 11.7. The largest absolute Gasteiger partial charge is 0.382 e. The standard InChI is InChI=1S/C14H13FN4O2S/c1-22(20,21)19-9-4-2-8(3-5-9)10-6-7-11-13(12(10)15)17-18-14(11)16/h2-7,19H,1H3,(H3,16,17,18). The van der Waals surface area contributed by atoms with Gasteiger partial charge in [0.2, 0.25) is 10.0 Å². The van der Waals surface area contributed by atoms with E-state index in [1.807, 2.05) is 0 Å². The summed E-state index contributed by atoms with van der Waals surface area (Å²) in [4.78, 5) is 0. The predicted molar refractivity (Wildman–Crippen MR) is 84.4 cm³/mol. The Kier molecular flexibility index (Phi) is 3.25. The van der Waals surface area contributed by atoms with Gasteiger partial charge in [0.25, 0.3) is 0 Å². The third-order valence-corrected chi connectivity index (χ3v) is 3.81. The second kappa shape index (κ2) is 4.99. The van der Waals surface area contributed by atoms with Crippen molar-refractivity contribution in [2.75, 3.05) is 16.7 Å². The van der Waals surface area contributed by atoms with E-state index in [9.17, 15) is 12.8 Å². The van der Waals surface area contributed by atoms with Crippen LogP contribution in [0, 0.1) is 5.82 Å². The Morgan fingerprint density at radius 2 is 1.86 bits per heavy atom. The number of nitrogens with two attached hydrogens (primary N) is 1. The zero-order chi connectivity index (χ0) is 15.9. The topological polar surface area (TPSA) is 101 Å². The van der Waals surface area contributed by atoms with Gasteiger partial charge in [0.1, 0.15) is 5.52 Å². The molecule has 0 saturated heterocycles. The molecule has 8 heteroatoms. The minimum Gasteiger partial charge on any atom is -0.382 e. The minimum atomic E-state index is -3.34. The van der Waals surface area contributed by atoms with Gasteiger partial charge in [0, 0.05) is 16.6 Å². The summed E-state index contributed by atoms with van der Waals surface area (Å²) in [6.45, 7) is 0. The molecule has 6 nitrogen and oxygen atoms in total. The number of H-pyrrole nitrogens is 1. The predicted octanol–water partition coefficient (Wildman–Crippen LogP) is 2.32. The average Bonchev–Trinajstić information content (AvgIpc) is 2.81. The van der Waals surface area contributed by atoms with Gasteiger partial charge in [-0.2, -0.15) is 5.10 Å². The summed E-state index contributed by atoms with van der Waals surface area (Å²) in [6.07, 6.45) is 1.07. The number of rotatable bonds is 3. The maximum atomic E-state index is 14.5. The molecular weight excluding hydrogens is 307 g/mol. The highest BCUT2D eigenvalue weighted by Gasteiger charge is 2.13. The van der Waals surface area contributed by atoms with Gasteiger partial charge < -0.3 is 5.73 Å². The average molecular weight is 320 g/mol. The molecule has 0 bridgehead atoms. The van der Waals surface area contributed by atoms with Crippen LogP contribution in [0.1, 0.15) is 0 Å². The summed E-state index contributed by atoms with van der Waals surface area (Å²) in [6, 6.07) is 9.72. The molecule has 0 amide bonds. The molecule has 1 heterocycles. The molecule has 22 heavy (non-hydrogen) atoms. The van der Waals surface area contributed by atoms with E-state index in [2.05, 4.69) is 14.9 Å². The lowest BCUT2D eigenvalue weighted by Gasteiger charge is -2.07. The number of benzene rings is 2. The van der Waals surface area contributed by atoms with Gasteiger partial charge in [0.15, 0.2) is 11.6 Å². The first-order valence-electron chi connectivity index (χ1n) is 6.35. The number of nitrogens with zero attached hydrogens (tertiary/aromatic N) is 1. The maximum absolute atomic E-state index is 14.5. The van der Waals surface area contributed by atoms with E-state index in [4.69, 9.17) is 5.73 Å². The van der Waals surface area contributed by atoms with Crippen LogP contribution in [0.15, 0.2) is 36.4 Å². The zero-order valence-electron chi connectivity index (χ0n) is 11.6. The quantitative estimate of drug-likeness (QED) is 0.689. The molecule has 0 radical (unpaired) electrons. The van der Waals surface area contributed by atoms with Gasteiger partial charge in [-0.3, -0.25) is 9.82 Å². The Bertz CT molecular complexity index is 949. The van der Waals surface area contributed by atoms with E-state index in [0.29, 0.717) is 22.2 Å². The van der Waals surface area contributed by atoms with E-state index < -0.39 is 15.8 Å². The Labute approximate surface area is 126 Å². The number of hydrogen-bond acceptors (Lipinski definition) is 4. The molecule has 0 spiro atoms. The highest BCUT2D eigenvalue weighted by atomic mass is 32.2. The second-order valence-electron chi connectivity index (χ2n) is 4.91. The summed E-state index contributed by atoms with van der Waals surface area (Å²) in [5, 5.41) is 6.87. The van der Waals surface area contributed by atoms with Crippen molar-refractivity contribution in [3.63, 3.8) is 0 Å². The SMILES string of the molecule is CS(=O)(=O)Nc1ccc(-c2ccc3c(N)n[nH]c3c2F)cc1. The number of halogens is 1. The highest BCUT2D eigenvalue weighted by molar-refractivity contribution is 7.92. The molecule has 0 aliphatic rings. The summed E-state index contributed by atoms with van der Waals surface area (Å²) >= 11 is 0. The highest BCUT2D eigenvalue weighted by Crippen LogP contribution is 2.30. The van der Waals surface area contributed by atoms with Crippen LogP contribution in [0.3, 0.4) is 0 Å². The van der Waals surface area contributed by atoms with E-state index in [1.165, 1.54) is 0 Å². The lowest BCUT2D eigenvalue weighted by Crippen LogP contribution is -2.09. The lowest BCUT2D eigenvalue weighted by molar-refractivity contribution is 0.607. The van der Waals surface area contributed by atoms with Gasteiger partial charge in [-0.05, 0) is 23.8 Å². The van der Waals surface area contributed by atoms with Crippen molar-refractivity contribution in [2.24, 2.45) is 0 Å². The maximum Gasteiger partial charge on any atom is 0.229 e. The fraction of sp³-hybridized carbons (Fsp3) is 0.0714. The third kappa shape index (κ3) is 2.60. The first-order valence-corrected chi connectivity index (χ1v) is 8.24. The molecule has 3 aromatic rings. The first kappa shape index (κ1) is 14.3. The number of aromatic nitrogens is 2. The molecule has 4 N–H and O–H groups in total.